The van der Waals surface area contributed by atoms with Crippen molar-refractivity contribution in [2.75, 3.05) is 19.0 Å². The molecule has 0 spiro atoms. The second-order valence-electron chi connectivity index (χ2n) is 6.28. The minimum atomic E-state index is -0.00789. The fraction of sp³-hybridized carbons (Fsp3) is 0.190. The molecule has 0 saturated carbocycles. The molecule has 0 saturated heterocycles. The van der Waals surface area contributed by atoms with Gasteiger partial charge in [0.2, 0.25) is 0 Å². The summed E-state index contributed by atoms with van der Waals surface area (Å²) in [5, 5.41) is 13.1. The first-order chi connectivity index (χ1) is 12.7. The molecule has 1 aromatic carbocycles. The van der Waals surface area contributed by atoms with Gasteiger partial charge in [0.15, 0.2) is 0 Å². The summed E-state index contributed by atoms with van der Waals surface area (Å²) < 4.78 is 0. The van der Waals surface area contributed by atoms with Crippen LogP contribution in [0.25, 0.3) is 0 Å². The molecule has 1 N–H and O–H groups in total. The standard InChI is InChI=1S/C21H22N4O/c1-25(2)18-8-6-16(7-9-18)19(20-5-3-4-12-23-20)15-21(24-26)17-10-13-22-14-11-17/h3-14,19,26H,15H2,1-2H3. The van der Waals surface area contributed by atoms with Crippen molar-refractivity contribution >= 4 is 11.4 Å². The van der Waals surface area contributed by atoms with Crippen molar-refractivity contribution in [3.8, 4) is 0 Å². The number of benzene rings is 1. The summed E-state index contributed by atoms with van der Waals surface area (Å²) >= 11 is 0. The van der Waals surface area contributed by atoms with Gasteiger partial charge in [0.25, 0.3) is 0 Å². The monoisotopic (exact) mass is 346 g/mol. The van der Waals surface area contributed by atoms with Crippen LogP contribution in [0.3, 0.4) is 0 Å². The maximum Gasteiger partial charge on any atom is 0.0878 e. The van der Waals surface area contributed by atoms with E-state index in [4.69, 9.17) is 0 Å². The van der Waals surface area contributed by atoms with Gasteiger partial charge in [0.05, 0.1) is 5.71 Å². The molecule has 0 bridgehead atoms. The van der Waals surface area contributed by atoms with E-state index in [2.05, 4.69) is 44.3 Å². The lowest BCUT2D eigenvalue weighted by Gasteiger charge is -2.19. The van der Waals surface area contributed by atoms with E-state index in [9.17, 15) is 5.21 Å². The largest absolute Gasteiger partial charge is 0.411 e. The van der Waals surface area contributed by atoms with Crippen LogP contribution in [0, 0.1) is 0 Å². The summed E-state index contributed by atoms with van der Waals surface area (Å²) in [7, 11) is 4.04. The first-order valence-electron chi connectivity index (χ1n) is 8.48. The average Bonchev–Trinajstić information content (AvgIpc) is 2.70. The van der Waals surface area contributed by atoms with E-state index in [1.807, 2.05) is 44.4 Å². The third kappa shape index (κ3) is 4.06. The molecule has 0 radical (unpaired) electrons. The number of hydrogen-bond acceptors (Lipinski definition) is 5. The van der Waals surface area contributed by atoms with Crippen molar-refractivity contribution < 1.29 is 5.21 Å². The average molecular weight is 346 g/mol. The van der Waals surface area contributed by atoms with Crippen LogP contribution < -0.4 is 4.90 Å². The SMILES string of the molecule is CN(C)c1ccc(C(CC(=NO)c2ccncc2)c2ccccn2)cc1. The zero-order valence-corrected chi connectivity index (χ0v) is 14.9. The maximum absolute atomic E-state index is 9.58. The molecule has 0 amide bonds. The number of oxime groups is 1. The predicted molar refractivity (Wildman–Crippen MR) is 104 cm³/mol. The summed E-state index contributed by atoms with van der Waals surface area (Å²) in [4.78, 5) is 10.6. The highest BCUT2D eigenvalue weighted by Gasteiger charge is 2.20. The van der Waals surface area contributed by atoms with Crippen LogP contribution in [0.1, 0.15) is 29.2 Å². The Morgan fingerprint density at radius 3 is 2.31 bits per heavy atom. The number of rotatable bonds is 6. The lowest BCUT2D eigenvalue weighted by molar-refractivity contribution is 0.317. The third-order valence-electron chi connectivity index (χ3n) is 4.39. The molecule has 26 heavy (non-hydrogen) atoms. The molecule has 5 heteroatoms. The molecule has 0 aliphatic heterocycles. The van der Waals surface area contributed by atoms with Crippen molar-refractivity contribution in [2.24, 2.45) is 5.16 Å². The lowest BCUT2D eigenvalue weighted by atomic mass is 9.88. The molecular weight excluding hydrogens is 324 g/mol. The second-order valence-corrected chi connectivity index (χ2v) is 6.28. The molecule has 0 aliphatic carbocycles. The first-order valence-corrected chi connectivity index (χ1v) is 8.48. The number of aromatic nitrogens is 2. The van der Waals surface area contributed by atoms with Crippen LogP contribution in [0.5, 0.6) is 0 Å². The van der Waals surface area contributed by atoms with Gasteiger partial charge in [0, 0.05) is 62.0 Å². The predicted octanol–water partition coefficient (Wildman–Crippen LogP) is 3.94. The number of anilines is 1. The number of nitrogens with zero attached hydrogens (tertiary/aromatic N) is 4. The summed E-state index contributed by atoms with van der Waals surface area (Å²) in [6.07, 6.45) is 5.72. The van der Waals surface area contributed by atoms with E-state index >= 15 is 0 Å². The topological polar surface area (TPSA) is 61.6 Å². The lowest BCUT2D eigenvalue weighted by Crippen LogP contribution is -2.12. The van der Waals surface area contributed by atoms with Crippen LogP contribution in [0.2, 0.25) is 0 Å². The highest BCUT2D eigenvalue weighted by molar-refractivity contribution is 6.00. The van der Waals surface area contributed by atoms with Gasteiger partial charge in [-0.2, -0.15) is 0 Å². The highest BCUT2D eigenvalue weighted by atomic mass is 16.4. The smallest absolute Gasteiger partial charge is 0.0878 e. The van der Waals surface area contributed by atoms with Crippen LogP contribution in [0.15, 0.2) is 78.3 Å². The van der Waals surface area contributed by atoms with E-state index in [0.29, 0.717) is 12.1 Å². The number of pyridine rings is 2. The van der Waals surface area contributed by atoms with Gasteiger partial charge < -0.3 is 10.1 Å². The van der Waals surface area contributed by atoms with Gasteiger partial charge in [-0.1, -0.05) is 23.4 Å². The Hall–Kier alpha value is -3.21. The van der Waals surface area contributed by atoms with Crippen molar-refractivity contribution in [1.82, 2.24) is 9.97 Å². The molecule has 5 nitrogen and oxygen atoms in total. The summed E-state index contributed by atoms with van der Waals surface area (Å²) in [6, 6.07) is 18.0. The van der Waals surface area contributed by atoms with Gasteiger partial charge in [-0.15, -0.1) is 0 Å². The van der Waals surface area contributed by atoms with Gasteiger partial charge in [-0.25, -0.2) is 0 Å². The molecular formula is C21H22N4O. The van der Waals surface area contributed by atoms with Crippen molar-refractivity contribution in [3.63, 3.8) is 0 Å². The third-order valence-corrected chi connectivity index (χ3v) is 4.39. The van der Waals surface area contributed by atoms with Gasteiger partial charge in [-0.05, 0) is 42.0 Å². The van der Waals surface area contributed by atoms with E-state index in [1.54, 1.807) is 18.6 Å². The Balaban J connectivity index is 1.96. The molecule has 1 unspecified atom stereocenters. The Bertz CT molecular complexity index is 846. The maximum atomic E-state index is 9.58. The van der Waals surface area contributed by atoms with E-state index < -0.39 is 0 Å². The zero-order chi connectivity index (χ0) is 18.4. The van der Waals surface area contributed by atoms with Crippen molar-refractivity contribution in [3.05, 3.63) is 90.0 Å². The van der Waals surface area contributed by atoms with E-state index in [0.717, 1.165) is 22.5 Å². The quantitative estimate of drug-likeness (QED) is 0.417. The summed E-state index contributed by atoms with van der Waals surface area (Å²) in [5.74, 6) is -0.00789. The van der Waals surface area contributed by atoms with Gasteiger partial charge in [0.1, 0.15) is 0 Å². The number of hydrogen-bond donors (Lipinski definition) is 1. The van der Waals surface area contributed by atoms with Crippen LogP contribution >= 0.6 is 0 Å². The van der Waals surface area contributed by atoms with Crippen molar-refractivity contribution in [2.45, 2.75) is 12.3 Å². The molecule has 0 fully saturated rings. The minimum Gasteiger partial charge on any atom is -0.411 e. The fourth-order valence-corrected chi connectivity index (χ4v) is 2.93. The van der Waals surface area contributed by atoms with Crippen molar-refractivity contribution in [1.29, 1.82) is 0 Å². The normalized spacial score (nSPS) is 12.6. The Morgan fingerprint density at radius 2 is 1.73 bits per heavy atom. The Kier molecular flexibility index (Phi) is 5.59. The molecule has 3 aromatic rings. The minimum absolute atomic E-state index is 0.00789. The van der Waals surface area contributed by atoms with Gasteiger partial charge in [-0.3, -0.25) is 9.97 Å². The highest BCUT2D eigenvalue weighted by Crippen LogP contribution is 2.29. The summed E-state index contributed by atoms with van der Waals surface area (Å²) in [5.41, 5.74) is 4.68. The molecule has 0 aliphatic rings. The van der Waals surface area contributed by atoms with Crippen LogP contribution in [-0.2, 0) is 0 Å². The van der Waals surface area contributed by atoms with Crippen LogP contribution in [-0.4, -0.2) is 35.0 Å². The Morgan fingerprint density at radius 1 is 1.00 bits per heavy atom. The van der Waals surface area contributed by atoms with Gasteiger partial charge >= 0.3 is 0 Å². The summed E-state index contributed by atoms with van der Waals surface area (Å²) in [6.45, 7) is 0. The molecule has 1 atom stereocenters. The van der Waals surface area contributed by atoms with E-state index in [-0.39, 0.29) is 5.92 Å². The molecule has 2 heterocycles. The zero-order valence-electron chi connectivity index (χ0n) is 14.9. The molecule has 3 rings (SSSR count). The Labute approximate surface area is 153 Å². The van der Waals surface area contributed by atoms with Crippen LogP contribution in [0.4, 0.5) is 5.69 Å². The first kappa shape index (κ1) is 17.6. The molecule has 132 valence electrons. The molecule has 2 aromatic heterocycles. The van der Waals surface area contributed by atoms with E-state index in [1.165, 1.54) is 0 Å². The second kappa shape index (κ2) is 8.25. The fourth-order valence-electron chi connectivity index (χ4n) is 2.93.